The van der Waals surface area contributed by atoms with Crippen LogP contribution in [0.15, 0.2) is 0 Å². The maximum Gasteiger partial charge on any atom is 0.331 e. The standard InChI is InChI=1S/C45H90O15/c1-3-4-5-6-7-8-9-10-11-12-13-14-15-16-17-18-19-48-20-21-49-22-23-50-24-25-51-26-27-52-28-29-53-30-31-54-32-33-55-34-35-56-36-37-57-38-39-58-40-41-59-42-43-60-44-45(46)47-2/h3-44H2,1-2H3. The van der Waals surface area contributed by atoms with Gasteiger partial charge in [-0.3, -0.25) is 0 Å². The maximum atomic E-state index is 10.9. The Morgan fingerprint density at radius 1 is 0.250 bits per heavy atom. The molecular weight excluding hydrogens is 780 g/mol. The number of esters is 1. The van der Waals surface area contributed by atoms with Crippen LogP contribution in [0.25, 0.3) is 0 Å². The second-order valence-corrected chi connectivity index (χ2v) is 14.3. The van der Waals surface area contributed by atoms with Crippen molar-refractivity contribution in [2.75, 3.05) is 179 Å². The van der Waals surface area contributed by atoms with E-state index in [2.05, 4.69) is 11.7 Å². The van der Waals surface area contributed by atoms with Crippen molar-refractivity contribution >= 4 is 5.97 Å². The van der Waals surface area contributed by atoms with Gasteiger partial charge in [-0.25, -0.2) is 4.79 Å². The molecule has 15 heteroatoms. The molecule has 0 bridgehead atoms. The minimum atomic E-state index is -0.407. The summed E-state index contributed by atoms with van der Waals surface area (Å²) in [5, 5.41) is 0. The smallest absolute Gasteiger partial charge is 0.331 e. The van der Waals surface area contributed by atoms with Crippen molar-refractivity contribution in [1.29, 1.82) is 0 Å². The first-order valence-electron chi connectivity index (χ1n) is 23.4. The van der Waals surface area contributed by atoms with E-state index in [-0.39, 0.29) is 6.61 Å². The van der Waals surface area contributed by atoms with E-state index in [1.54, 1.807) is 0 Å². The van der Waals surface area contributed by atoms with Crippen LogP contribution >= 0.6 is 0 Å². The molecule has 0 atom stereocenters. The fraction of sp³-hybridized carbons (Fsp3) is 0.978. The van der Waals surface area contributed by atoms with Crippen molar-refractivity contribution in [2.24, 2.45) is 0 Å². The first-order chi connectivity index (χ1) is 29.8. The molecule has 15 nitrogen and oxygen atoms in total. The van der Waals surface area contributed by atoms with Crippen molar-refractivity contribution < 1.29 is 71.1 Å². The predicted octanol–water partition coefficient (Wildman–Crippen LogP) is 6.64. The second-order valence-electron chi connectivity index (χ2n) is 14.3. The molecule has 0 aromatic rings. The molecule has 60 heavy (non-hydrogen) atoms. The highest BCUT2D eigenvalue weighted by Gasteiger charge is 2.00. The molecule has 360 valence electrons. The SMILES string of the molecule is CCCCCCCCCCCCCCCCCCOCCOCCOCCOCCOCCOCCOCCOCCOCCOCCOCCOCCOCC(=O)OC. The second kappa shape index (κ2) is 56.0. The Kier molecular flexibility index (Phi) is 55.0. The molecule has 0 radical (unpaired) electrons. The van der Waals surface area contributed by atoms with Crippen LogP contribution in [0.3, 0.4) is 0 Å². The van der Waals surface area contributed by atoms with Crippen LogP contribution in [0.2, 0.25) is 0 Å². The zero-order valence-electron chi connectivity index (χ0n) is 38.3. The Balaban J connectivity index is 3.07. The summed E-state index contributed by atoms with van der Waals surface area (Å²) < 4.78 is 75.6. The Labute approximate surface area is 365 Å². The van der Waals surface area contributed by atoms with E-state index >= 15 is 0 Å². The lowest BCUT2D eigenvalue weighted by molar-refractivity contribution is -0.146. The molecule has 0 aliphatic heterocycles. The summed E-state index contributed by atoms with van der Waals surface area (Å²) in [6, 6.07) is 0. The average Bonchev–Trinajstić information content (AvgIpc) is 3.26. The summed E-state index contributed by atoms with van der Waals surface area (Å²) in [6.07, 6.45) is 22.1. The van der Waals surface area contributed by atoms with E-state index in [1.807, 2.05) is 0 Å². The normalized spacial score (nSPS) is 11.6. The van der Waals surface area contributed by atoms with Crippen molar-refractivity contribution in [3.63, 3.8) is 0 Å². The molecule has 0 heterocycles. The van der Waals surface area contributed by atoms with Crippen molar-refractivity contribution in [2.45, 2.75) is 110 Å². The van der Waals surface area contributed by atoms with Crippen LogP contribution in [0, 0.1) is 0 Å². The first kappa shape index (κ1) is 58.9. The van der Waals surface area contributed by atoms with Crippen LogP contribution in [-0.4, -0.2) is 185 Å². The molecule has 0 aromatic carbocycles. The molecule has 0 saturated heterocycles. The van der Waals surface area contributed by atoms with Gasteiger partial charge in [0, 0.05) is 6.61 Å². The third-order valence-corrected chi connectivity index (χ3v) is 9.05. The van der Waals surface area contributed by atoms with Crippen LogP contribution in [0.1, 0.15) is 110 Å². The number of carbonyl (C=O) groups excluding carboxylic acids is 1. The number of rotatable bonds is 55. The van der Waals surface area contributed by atoms with Gasteiger partial charge in [0.05, 0.1) is 166 Å². The zero-order chi connectivity index (χ0) is 43.2. The fourth-order valence-corrected chi connectivity index (χ4v) is 5.61. The summed E-state index contributed by atoms with van der Waals surface area (Å²) in [6.45, 7) is 15.1. The van der Waals surface area contributed by atoms with E-state index in [0.717, 1.165) is 13.0 Å². The highest BCUT2D eigenvalue weighted by atomic mass is 16.6. The molecule has 0 saturated carbocycles. The third kappa shape index (κ3) is 55.0. The quantitative estimate of drug-likeness (QED) is 0.0475. The molecule has 0 aliphatic carbocycles. The molecule has 0 aliphatic rings. The number of carbonyl (C=O) groups is 1. The van der Waals surface area contributed by atoms with Gasteiger partial charge in [0.15, 0.2) is 0 Å². The lowest BCUT2D eigenvalue weighted by Crippen LogP contribution is -2.16. The van der Waals surface area contributed by atoms with Crippen LogP contribution in [0.4, 0.5) is 0 Å². The zero-order valence-corrected chi connectivity index (χ0v) is 38.3. The number of ether oxygens (including phenoxy) is 14. The van der Waals surface area contributed by atoms with Gasteiger partial charge in [-0.05, 0) is 6.42 Å². The summed E-state index contributed by atoms with van der Waals surface area (Å²) in [7, 11) is 1.32. The van der Waals surface area contributed by atoms with Gasteiger partial charge < -0.3 is 66.3 Å². The minimum Gasteiger partial charge on any atom is -0.467 e. The van der Waals surface area contributed by atoms with Crippen LogP contribution in [-0.2, 0) is 71.1 Å². The predicted molar refractivity (Wildman–Crippen MR) is 232 cm³/mol. The molecular formula is C45H90O15. The van der Waals surface area contributed by atoms with E-state index in [0.29, 0.717) is 159 Å². The lowest BCUT2D eigenvalue weighted by Gasteiger charge is -2.09. The average molecular weight is 871 g/mol. The number of methoxy groups -OCH3 is 1. The van der Waals surface area contributed by atoms with Gasteiger partial charge in [-0.1, -0.05) is 103 Å². The van der Waals surface area contributed by atoms with E-state index < -0.39 is 5.97 Å². The maximum absolute atomic E-state index is 10.9. The monoisotopic (exact) mass is 871 g/mol. The molecule has 0 aromatic heterocycles. The molecule has 0 rings (SSSR count). The van der Waals surface area contributed by atoms with Gasteiger partial charge in [0.2, 0.25) is 0 Å². The summed E-state index contributed by atoms with van der Waals surface area (Å²) in [5.74, 6) is -0.407. The number of hydrogen-bond donors (Lipinski definition) is 0. The first-order valence-corrected chi connectivity index (χ1v) is 23.4. The lowest BCUT2D eigenvalue weighted by atomic mass is 10.0. The van der Waals surface area contributed by atoms with Gasteiger partial charge in [-0.15, -0.1) is 0 Å². The van der Waals surface area contributed by atoms with Crippen molar-refractivity contribution in [3.8, 4) is 0 Å². The number of hydrogen-bond acceptors (Lipinski definition) is 15. The fourth-order valence-electron chi connectivity index (χ4n) is 5.61. The van der Waals surface area contributed by atoms with E-state index in [1.165, 1.54) is 103 Å². The Bertz CT molecular complexity index is 783. The molecule has 0 fully saturated rings. The van der Waals surface area contributed by atoms with Crippen LogP contribution in [0.5, 0.6) is 0 Å². The van der Waals surface area contributed by atoms with Crippen LogP contribution < -0.4 is 0 Å². The topological polar surface area (TPSA) is 146 Å². The summed E-state index contributed by atoms with van der Waals surface area (Å²) in [4.78, 5) is 10.9. The third-order valence-electron chi connectivity index (χ3n) is 9.05. The van der Waals surface area contributed by atoms with E-state index in [9.17, 15) is 4.79 Å². The van der Waals surface area contributed by atoms with Crippen molar-refractivity contribution in [1.82, 2.24) is 0 Å². The minimum absolute atomic E-state index is 0.0704. The van der Waals surface area contributed by atoms with Gasteiger partial charge in [-0.2, -0.15) is 0 Å². The number of unbranched alkanes of at least 4 members (excludes halogenated alkanes) is 15. The molecule has 0 N–H and O–H groups in total. The van der Waals surface area contributed by atoms with Gasteiger partial charge in [0.1, 0.15) is 6.61 Å². The largest absolute Gasteiger partial charge is 0.467 e. The Morgan fingerprint density at radius 3 is 0.650 bits per heavy atom. The Hall–Kier alpha value is -1.05. The van der Waals surface area contributed by atoms with Gasteiger partial charge >= 0.3 is 5.97 Å². The van der Waals surface area contributed by atoms with Gasteiger partial charge in [0.25, 0.3) is 0 Å². The summed E-state index contributed by atoms with van der Waals surface area (Å²) in [5.41, 5.74) is 0. The van der Waals surface area contributed by atoms with Crippen molar-refractivity contribution in [3.05, 3.63) is 0 Å². The molecule has 0 amide bonds. The van der Waals surface area contributed by atoms with E-state index in [4.69, 9.17) is 61.6 Å². The molecule has 0 spiro atoms. The highest BCUT2D eigenvalue weighted by Crippen LogP contribution is 2.13. The molecule has 0 unspecified atom stereocenters. The Morgan fingerprint density at radius 2 is 0.433 bits per heavy atom. The summed E-state index contributed by atoms with van der Waals surface area (Å²) >= 11 is 0. The highest BCUT2D eigenvalue weighted by molar-refractivity contribution is 5.70.